The summed E-state index contributed by atoms with van der Waals surface area (Å²) in [6.07, 6.45) is 7.49. The summed E-state index contributed by atoms with van der Waals surface area (Å²) in [7, 11) is 1.42. The molecule has 0 aromatic heterocycles. The maximum Gasteiger partial charge on any atom is 0.333 e. The second kappa shape index (κ2) is 5.00. The number of methoxy groups -OCH3 is 1. The average molecular weight is 223 g/mol. The van der Waals surface area contributed by atoms with Gasteiger partial charge in [0.2, 0.25) is 0 Å². The first kappa shape index (κ1) is 11.6. The third-order valence-corrected chi connectivity index (χ3v) is 4.03. The molecule has 2 aliphatic carbocycles. The van der Waals surface area contributed by atoms with Crippen LogP contribution in [-0.2, 0) is 9.53 Å². The topological polar surface area (TPSA) is 38.3 Å². The average Bonchev–Trinajstić information content (AvgIpc) is 2.89. The van der Waals surface area contributed by atoms with E-state index in [0.29, 0.717) is 11.6 Å². The Labute approximate surface area is 97.2 Å². The van der Waals surface area contributed by atoms with Crippen molar-refractivity contribution in [3.63, 3.8) is 0 Å². The Morgan fingerprint density at radius 1 is 1.44 bits per heavy atom. The van der Waals surface area contributed by atoms with E-state index >= 15 is 0 Å². The third-order valence-electron chi connectivity index (χ3n) is 4.03. The monoisotopic (exact) mass is 223 g/mol. The molecule has 16 heavy (non-hydrogen) atoms. The quantitative estimate of drug-likeness (QED) is 0.584. The molecule has 0 spiro atoms. The van der Waals surface area contributed by atoms with Gasteiger partial charge < -0.3 is 10.1 Å². The van der Waals surface area contributed by atoms with Crippen molar-refractivity contribution in [1.82, 2.24) is 5.32 Å². The molecular formula is C13H21NO2. The Morgan fingerprint density at radius 2 is 2.25 bits per heavy atom. The van der Waals surface area contributed by atoms with E-state index in [2.05, 4.69) is 10.1 Å². The van der Waals surface area contributed by atoms with Crippen molar-refractivity contribution in [3.8, 4) is 0 Å². The molecule has 0 amide bonds. The second-order valence-electron chi connectivity index (χ2n) is 5.07. The zero-order chi connectivity index (χ0) is 11.5. The molecule has 2 saturated carbocycles. The second-order valence-corrected chi connectivity index (χ2v) is 5.07. The van der Waals surface area contributed by atoms with Crippen LogP contribution in [0.1, 0.15) is 32.6 Å². The van der Waals surface area contributed by atoms with Crippen LogP contribution in [0.2, 0.25) is 0 Å². The van der Waals surface area contributed by atoms with E-state index in [-0.39, 0.29) is 5.97 Å². The molecule has 3 unspecified atom stereocenters. The molecule has 0 saturated heterocycles. The summed E-state index contributed by atoms with van der Waals surface area (Å²) in [6, 6.07) is 0.681. The molecule has 90 valence electrons. The number of ether oxygens (including phenoxy) is 1. The van der Waals surface area contributed by atoms with Crippen molar-refractivity contribution in [3.05, 3.63) is 11.6 Å². The van der Waals surface area contributed by atoms with Gasteiger partial charge in [0.15, 0.2) is 0 Å². The maximum atomic E-state index is 11.1. The zero-order valence-electron chi connectivity index (χ0n) is 10.2. The van der Waals surface area contributed by atoms with Crippen LogP contribution >= 0.6 is 0 Å². The Hall–Kier alpha value is -0.830. The van der Waals surface area contributed by atoms with Crippen molar-refractivity contribution in [1.29, 1.82) is 0 Å². The molecule has 3 nitrogen and oxygen atoms in total. The van der Waals surface area contributed by atoms with E-state index in [4.69, 9.17) is 0 Å². The van der Waals surface area contributed by atoms with Crippen LogP contribution in [0.4, 0.5) is 0 Å². The lowest BCUT2D eigenvalue weighted by molar-refractivity contribution is -0.136. The molecule has 0 heterocycles. The summed E-state index contributed by atoms with van der Waals surface area (Å²) in [5.41, 5.74) is 0.693. The van der Waals surface area contributed by atoms with E-state index in [9.17, 15) is 4.79 Å². The summed E-state index contributed by atoms with van der Waals surface area (Å²) in [5.74, 6) is 1.62. The summed E-state index contributed by atoms with van der Waals surface area (Å²) < 4.78 is 4.65. The molecule has 0 aliphatic heterocycles. The van der Waals surface area contributed by atoms with Crippen molar-refractivity contribution in [2.45, 2.75) is 38.6 Å². The van der Waals surface area contributed by atoms with Gasteiger partial charge in [-0.05, 0) is 38.0 Å². The Kier molecular flexibility index (Phi) is 3.64. The molecule has 2 aliphatic rings. The van der Waals surface area contributed by atoms with Crippen molar-refractivity contribution < 1.29 is 9.53 Å². The molecule has 3 heteroatoms. The summed E-state index contributed by atoms with van der Waals surface area (Å²) >= 11 is 0. The van der Waals surface area contributed by atoms with E-state index in [1.165, 1.54) is 32.8 Å². The molecule has 3 atom stereocenters. The summed E-state index contributed by atoms with van der Waals surface area (Å²) in [5, 5.41) is 3.54. The third kappa shape index (κ3) is 2.46. The highest BCUT2D eigenvalue weighted by atomic mass is 16.5. The Balaban J connectivity index is 1.74. The predicted octanol–water partition coefficient (Wildman–Crippen LogP) is 1.88. The lowest BCUT2D eigenvalue weighted by Gasteiger charge is -2.22. The van der Waals surface area contributed by atoms with Gasteiger partial charge in [0.1, 0.15) is 0 Å². The minimum Gasteiger partial charge on any atom is -0.466 e. The number of hydrogen-bond acceptors (Lipinski definition) is 3. The SMILES string of the molecule is COC(=O)C(C)=CCNC1CC2CCC1C2. The maximum absolute atomic E-state index is 11.1. The highest BCUT2D eigenvalue weighted by Crippen LogP contribution is 2.44. The van der Waals surface area contributed by atoms with Crippen LogP contribution < -0.4 is 5.32 Å². The van der Waals surface area contributed by atoms with Crippen LogP contribution in [0.25, 0.3) is 0 Å². The highest BCUT2D eigenvalue weighted by Gasteiger charge is 2.38. The number of esters is 1. The number of rotatable bonds is 4. The van der Waals surface area contributed by atoms with Gasteiger partial charge in [-0.3, -0.25) is 0 Å². The van der Waals surface area contributed by atoms with Crippen LogP contribution in [0, 0.1) is 11.8 Å². The lowest BCUT2D eigenvalue weighted by atomic mass is 9.95. The Morgan fingerprint density at radius 3 is 2.81 bits per heavy atom. The van der Waals surface area contributed by atoms with Crippen LogP contribution in [-0.4, -0.2) is 25.7 Å². The van der Waals surface area contributed by atoms with Crippen molar-refractivity contribution >= 4 is 5.97 Å². The van der Waals surface area contributed by atoms with E-state index in [1.807, 2.05) is 6.08 Å². The normalized spacial score (nSPS) is 33.1. The van der Waals surface area contributed by atoms with Gasteiger partial charge in [-0.1, -0.05) is 12.5 Å². The van der Waals surface area contributed by atoms with Crippen LogP contribution in [0.3, 0.4) is 0 Å². The molecule has 2 fully saturated rings. The smallest absolute Gasteiger partial charge is 0.333 e. The van der Waals surface area contributed by atoms with Gasteiger partial charge in [0.25, 0.3) is 0 Å². The number of carbonyl (C=O) groups is 1. The zero-order valence-corrected chi connectivity index (χ0v) is 10.2. The molecule has 0 radical (unpaired) electrons. The van der Waals surface area contributed by atoms with Gasteiger partial charge in [0, 0.05) is 18.2 Å². The molecule has 0 aromatic rings. The Bertz CT molecular complexity index is 298. The first-order valence-corrected chi connectivity index (χ1v) is 6.19. The van der Waals surface area contributed by atoms with Gasteiger partial charge in [0.05, 0.1) is 7.11 Å². The molecule has 0 aromatic carbocycles. The predicted molar refractivity (Wildman–Crippen MR) is 63.0 cm³/mol. The number of fused-ring (bicyclic) bond motifs is 2. The van der Waals surface area contributed by atoms with Crippen molar-refractivity contribution in [2.75, 3.05) is 13.7 Å². The minimum atomic E-state index is -0.227. The number of carbonyl (C=O) groups excluding carboxylic acids is 1. The molecule has 1 N–H and O–H groups in total. The lowest BCUT2D eigenvalue weighted by Crippen LogP contribution is -2.34. The molecule has 2 rings (SSSR count). The van der Waals surface area contributed by atoms with Gasteiger partial charge in [-0.2, -0.15) is 0 Å². The standard InChI is InChI=1S/C13H21NO2/c1-9(13(15)16-2)5-6-14-12-8-10-3-4-11(12)7-10/h5,10-12,14H,3-4,6-8H2,1-2H3. The summed E-state index contributed by atoms with van der Waals surface area (Å²) in [4.78, 5) is 11.1. The molecule has 2 bridgehead atoms. The van der Waals surface area contributed by atoms with Crippen LogP contribution in [0.5, 0.6) is 0 Å². The van der Waals surface area contributed by atoms with Crippen molar-refractivity contribution in [2.24, 2.45) is 11.8 Å². The molecular weight excluding hydrogens is 202 g/mol. The highest BCUT2D eigenvalue weighted by molar-refractivity contribution is 5.87. The van der Waals surface area contributed by atoms with Gasteiger partial charge in [-0.25, -0.2) is 4.79 Å². The number of hydrogen-bond donors (Lipinski definition) is 1. The van der Waals surface area contributed by atoms with Crippen LogP contribution in [0.15, 0.2) is 11.6 Å². The largest absolute Gasteiger partial charge is 0.466 e. The fraction of sp³-hybridized carbons (Fsp3) is 0.769. The fourth-order valence-corrected chi connectivity index (χ4v) is 3.10. The first-order valence-electron chi connectivity index (χ1n) is 6.19. The summed E-state index contributed by atoms with van der Waals surface area (Å²) in [6.45, 7) is 2.59. The van der Waals surface area contributed by atoms with E-state index in [1.54, 1.807) is 6.92 Å². The number of nitrogens with one attached hydrogen (secondary N) is 1. The van der Waals surface area contributed by atoms with Gasteiger partial charge in [-0.15, -0.1) is 0 Å². The van der Waals surface area contributed by atoms with Gasteiger partial charge >= 0.3 is 5.97 Å². The minimum absolute atomic E-state index is 0.227. The van der Waals surface area contributed by atoms with E-state index < -0.39 is 0 Å². The van der Waals surface area contributed by atoms with E-state index in [0.717, 1.165) is 18.4 Å². The fourth-order valence-electron chi connectivity index (χ4n) is 3.10. The first-order chi connectivity index (χ1) is 7.70.